The lowest BCUT2D eigenvalue weighted by atomic mass is 10.0. The molecule has 0 aliphatic rings. The number of carbonyl (C=O) groups is 4. The van der Waals surface area contributed by atoms with Crippen LogP contribution in [0.25, 0.3) is 0 Å². The van der Waals surface area contributed by atoms with Gasteiger partial charge in [-0.15, -0.1) is 0 Å². The number of aromatic hydroxyl groups is 1. The number of carbonyl (C=O) groups excluding carboxylic acids is 3. The van der Waals surface area contributed by atoms with Crippen molar-refractivity contribution < 1.29 is 34.5 Å². The normalized spacial score (nSPS) is 13.8. The number of aromatic amines is 1. The number of imidazole rings is 1. The summed E-state index contributed by atoms with van der Waals surface area (Å²) < 4.78 is 0. The van der Waals surface area contributed by atoms with Gasteiger partial charge in [-0.3, -0.25) is 19.4 Å². The molecule has 0 saturated heterocycles. The number of nitrogens with two attached hydrogens (primary N) is 3. The topological polar surface area (TPSA) is 284 Å². The zero-order valence-corrected chi connectivity index (χ0v) is 21.6. The molecule has 2 aromatic rings. The molecule has 3 amide bonds. The van der Waals surface area contributed by atoms with Crippen LogP contribution in [0.1, 0.15) is 24.1 Å². The molecule has 0 bridgehead atoms. The Hall–Kier alpha value is -4.70. The summed E-state index contributed by atoms with van der Waals surface area (Å²) in [5.74, 6) is -3.93. The second-order valence-electron chi connectivity index (χ2n) is 8.91. The van der Waals surface area contributed by atoms with Gasteiger partial charge in [0.05, 0.1) is 19.0 Å². The fraction of sp³-hybridized carbons (Fsp3) is 0.417. The molecule has 0 aliphatic heterocycles. The van der Waals surface area contributed by atoms with Gasteiger partial charge in [-0.1, -0.05) is 12.1 Å². The lowest BCUT2D eigenvalue weighted by Gasteiger charge is -2.24. The molecule has 16 nitrogen and oxygen atoms in total. The van der Waals surface area contributed by atoms with Gasteiger partial charge in [0.2, 0.25) is 17.7 Å². The number of H-pyrrole nitrogens is 1. The summed E-state index contributed by atoms with van der Waals surface area (Å²) in [6.07, 6.45) is 3.26. The minimum Gasteiger partial charge on any atom is -0.508 e. The summed E-state index contributed by atoms with van der Waals surface area (Å²) in [5, 5.41) is 35.9. The summed E-state index contributed by atoms with van der Waals surface area (Å²) in [5.41, 5.74) is 17.7. The Bertz CT molecular complexity index is 1150. The molecule has 0 fully saturated rings. The van der Waals surface area contributed by atoms with E-state index in [1.54, 1.807) is 0 Å². The minimum absolute atomic E-state index is 0.00933. The highest BCUT2D eigenvalue weighted by atomic mass is 16.4. The monoisotopic (exact) mass is 561 g/mol. The maximum atomic E-state index is 13.1. The predicted octanol–water partition coefficient (Wildman–Crippen LogP) is -3.19. The van der Waals surface area contributed by atoms with Gasteiger partial charge in [0, 0.05) is 31.3 Å². The Morgan fingerprint density at radius 1 is 0.950 bits per heavy atom. The van der Waals surface area contributed by atoms with Crippen LogP contribution < -0.4 is 33.2 Å². The predicted molar refractivity (Wildman–Crippen MR) is 143 cm³/mol. The number of rotatable bonds is 16. The molecule has 0 radical (unpaired) electrons. The Kier molecular flexibility index (Phi) is 12.3. The van der Waals surface area contributed by atoms with Crippen LogP contribution in [0, 0.1) is 0 Å². The number of aliphatic hydroxyl groups excluding tert-OH is 1. The van der Waals surface area contributed by atoms with E-state index in [0.29, 0.717) is 11.3 Å². The number of nitrogens with zero attached hydrogens (tertiary/aromatic N) is 2. The van der Waals surface area contributed by atoms with Gasteiger partial charge < -0.3 is 53.5 Å². The summed E-state index contributed by atoms with van der Waals surface area (Å²) in [4.78, 5) is 60.8. The van der Waals surface area contributed by atoms with Crippen LogP contribution in [-0.2, 0) is 32.0 Å². The second-order valence-corrected chi connectivity index (χ2v) is 8.91. The number of phenols is 1. The molecule has 0 spiro atoms. The van der Waals surface area contributed by atoms with Crippen molar-refractivity contribution in [2.24, 2.45) is 22.2 Å². The maximum Gasteiger partial charge on any atom is 0.326 e. The van der Waals surface area contributed by atoms with Gasteiger partial charge in [-0.2, -0.15) is 0 Å². The number of hydrogen-bond donors (Lipinski definition) is 10. The largest absolute Gasteiger partial charge is 0.508 e. The fourth-order valence-corrected chi connectivity index (χ4v) is 3.58. The molecule has 4 atom stereocenters. The molecule has 1 aromatic carbocycles. The first-order valence-electron chi connectivity index (χ1n) is 12.3. The third-order valence-electron chi connectivity index (χ3n) is 5.72. The number of aromatic nitrogens is 2. The molecule has 40 heavy (non-hydrogen) atoms. The highest BCUT2D eigenvalue weighted by molar-refractivity contribution is 5.94. The van der Waals surface area contributed by atoms with Crippen LogP contribution in [-0.4, -0.2) is 92.3 Å². The Balaban J connectivity index is 2.07. The third-order valence-corrected chi connectivity index (χ3v) is 5.72. The van der Waals surface area contributed by atoms with Crippen LogP contribution in [0.5, 0.6) is 5.75 Å². The summed E-state index contributed by atoms with van der Waals surface area (Å²) >= 11 is 0. The Morgan fingerprint density at radius 3 is 2.15 bits per heavy atom. The number of aliphatic imine (C=N–C) groups is 1. The Morgan fingerprint density at radius 2 is 1.57 bits per heavy atom. The molecule has 0 aliphatic carbocycles. The third kappa shape index (κ3) is 10.6. The summed E-state index contributed by atoms with van der Waals surface area (Å²) in [6.45, 7) is -0.694. The first-order valence-corrected chi connectivity index (χ1v) is 12.3. The van der Waals surface area contributed by atoms with E-state index in [1.807, 2.05) is 0 Å². The molecule has 2 rings (SSSR count). The van der Waals surface area contributed by atoms with Crippen molar-refractivity contribution in [3.63, 3.8) is 0 Å². The number of carboxylic acid groups (broad SMARTS) is 1. The zero-order chi connectivity index (χ0) is 29.7. The van der Waals surface area contributed by atoms with Crippen molar-refractivity contribution in [3.05, 3.63) is 48.0 Å². The minimum atomic E-state index is -1.52. The second kappa shape index (κ2) is 15.6. The number of amides is 3. The van der Waals surface area contributed by atoms with E-state index in [0.717, 1.165) is 0 Å². The van der Waals surface area contributed by atoms with Gasteiger partial charge >= 0.3 is 5.97 Å². The van der Waals surface area contributed by atoms with Crippen LogP contribution in [0.4, 0.5) is 0 Å². The molecular formula is C24H35N9O7. The van der Waals surface area contributed by atoms with E-state index in [4.69, 9.17) is 17.2 Å². The molecule has 218 valence electrons. The number of aliphatic hydroxyl groups is 1. The number of carboxylic acids is 1. The van der Waals surface area contributed by atoms with Crippen molar-refractivity contribution in [1.82, 2.24) is 25.9 Å². The van der Waals surface area contributed by atoms with E-state index in [-0.39, 0.29) is 43.9 Å². The van der Waals surface area contributed by atoms with E-state index in [1.165, 1.54) is 36.8 Å². The summed E-state index contributed by atoms with van der Waals surface area (Å²) in [7, 11) is 0. The van der Waals surface area contributed by atoms with Crippen molar-refractivity contribution >= 4 is 29.7 Å². The molecular weight excluding hydrogens is 526 g/mol. The van der Waals surface area contributed by atoms with Crippen molar-refractivity contribution in [3.8, 4) is 5.75 Å². The van der Waals surface area contributed by atoms with Crippen molar-refractivity contribution in [2.75, 3.05) is 13.2 Å². The molecule has 13 N–H and O–H groups in total. The molecule has 16 heteroatoms. The Labute approximate surface area is 229 Å². The lowest BCUT2D eigenvalue weighted by Crippen LogP contribution is -2.58. The number of benzene rings is 1. The van der Waals surface area contributed by atoms with Gasteiger partial charge in [-0.25, -0.2) is 9.78 Å². The van der Waals surface area contributed by atoms with Crippen LogP contribution >= 0.6 is 0 Å². The molecule has 1 aromatic heterocycles. The van der Waals surface area contributed by atoms with Crippen LogP contribution in [0.2, 0.25) is 0 Å². The van der Waals surface area contributed by atoms with E-state index in [9.17, 15) is 34.5 Å². The first kappa shape index (κ1) is 31.5. The van der Waals surface area contributed by atoms with Crippen molar-refractivity contribution in [1.29, 1.82) is 0 Å². The molecule has 0 saturated carbocycles. The smallest absolute Gasteiger partial charge is 0.326 e. The number of nitrogens with one attached hydrogen (secondary N) is 4. The van der Waals surface area contributed by atoms with Gasteiger partial charge in [0.25, 0.3) is 0 Å². The van der Waals surface area contributed by atoms with E-state index in [2.05, 4.69) is 30.9 Å². The standard InChI is InChI=1S/C24H35N9O7/c25-16(9-14-10-28-12-30-14)20(36)31-17(2-1-7-29-24(26)27)21(37)33-19(11-34)22(38)32-18(23(39)40)8-13-3-5-15(35)6-4-13/h3-6,10,12,16-19,34-35H,1-2,7-9,11,25H2,(H,28,30)(H,31,36)(H,32,38)(H,33,37)(H,39,40)(H4,26,27,29). The highest BCUT2D eigenvalue weighted by Crippen LogP contribution is 2.12. The van der Waals surface area contributed by atoms with Gasteiger partial charge in [0.15, 0.2) is 5.96 Å². The highest BCUT2D eigenvalue weighted by Gasteiger charge is 2.30. The van der Waals surface area contributed by atoms with E-state index >= 15 is 0 Å². The molecule has 1 heterocycles. The number of hydrogen-bond acceptors (Lipinski definition) is 9. The van der Waals surface area contributed by atoms with Crippen molar-refractivity contribution in [2.45, 2.75) is 49.9 Å². The summed E-state index contributed by atoms with van der Waals surface area (Å²) in [6, 6.07) is 0.615. The van der Waals surface area contributed by atoms with Crippen LogP contribution in [0.15, 0.2) is 41.8 Å². The fourth-order valence-electron chi connectivity index (χ4n) is 3.58. The zero-order valence-electron chi connectivity index (χ0n) is 21.6. The average molecular weight is 562 g/mol. The number of aliphatic carboxylic acids is 1. The van der Waals surface area contributed by atoms with Gasteiger partial charge in [0.1, 0.15) is 23.9 Å². The number of phenolic OH excluding ortho intramolecular Hbond substituents is 1. The number of guanidine groups is 1. The van der Waals surface area contributed by atoms with Gasteiger partial charge in [-0.05, 0) is 30.5 Å². The van der Waals surface area contributed by atoms with E-state index < -0.39 is 54.5 Å². The maximum absolute atomic E-state index is 13.1. The van der Waals surface area contributed by atoms with Crippen LogP contribution in [0.3, 0.4) is 0 Å². The lowest BCUT2D eigenvalue weighted by molar-refractivity contribution is -0.142. The molecule has 4 unspecified atom stereocenters. The quantitative estimate of drug-likeness (QED) is 0.0553. The average Bonchev–Trinajstić information content (AvgIpc) is 3.42. The SMILES string of the molecule is NC(N)=NCCCC(NC(=O)C(N)Cc1cnc[nH]1)C(=O)NC(CO)C(=O)NC(Cc1ccc(O)cc1)C(=O)O. The first-order chi connectivity index (χ1) is 19.0.